The van der Waals surface area contributed by atoms with E-state index in [1.165, 1.54) is 0 Å². The minimum Gasteiger partial charge on any atom is -0.339 e. The summed E-state index contributed by atoms with van der Waals surface area (Å²) in [7, 11) is 0. The number of carbonyl (C=O) groups is 1. The van der Waals surface area contributed by atoms with Gasteiger partial charge in [0.25, 0.3) is 5.91 Å². The maximum absolute atomic E-state index is 12.5. The second kappa shape index (κ2) is 5.96. The lowest BCUT2D eigenvalue weighted by atomic mass is 9.75. The zero-order valence-corrected chi connectivity index (χ0v) is 12.9. The summed E-state index contributed by atoms with van der Waals surface area (Å²) in [6, 6.07) is 7.66. The Morgan fingerprint density at radius 2 is 1.75 bits per heavy atom. The maximum atomic E-state index is 12.5. The van der Waals surface area contributed by atoms with E-state index in [9.17, 15) is 4.79 Å². The molecular weight excluding hydrogens is 248 g/mol. The van der Waals surface area contributed by atoms with Crippen molar-refractivity contribution in [3.05, 3.63) is 35.4 Å². The molecule has 110 valence electrons. The highest BCUT2D eigenvalue weighted by Gasteiger charge is 2.30. The Hall–Kier alpha value is -1.35. The highest BCUT2D eigenvalue weighted by molar-refractivity contribution is 5.94. The van der Waals surface area contributed by atoms with Gasteiger partial charge in [0.2, 0.25) is 0 Å². The minimum absolute atomic E-state index is 0.154. The van der Waals surface area contributed by atoms with Crippen molar-refractivity contribution in [2.75, 3.05) is 13.1 Å². The zero-order valence-electron chi connectivity index (χ0n) is 12.9. The van der Waals surface area contributed by atoms with Crippen molar-refractivity contribution in [2.45, 2.75) is 40.2 Å². The maximum Gasteiger partial charge on any atom is 0.253 e. The molecule has 1 fully saturated rings. The number of carbonyl (C=O) groups excluding carboxylic acids is 1. The molecule has 0 aromatic heterocycles. The van der Waals surface area contributed by atoms with Gasteiger partial charge in [-0.2, -0.15) is 0 Å². The Labute approximate surface area is 122 Å². The van der Waals surface area contributed by atoms with Crippen LogP contribution >= 0.6 is 0 Å². The Morgan fingerprint density at radius 3 is 2.20 bits per heavy atom. The molecule has 0 saturated carbocycles. The third kappa shape index (κ3) is 3.40. The first-order valence-corrected chi connectivity index (χ1v) is 7.50. The second-order valence-corrected chi connectivity index (χ2v) is 6.83. The van der Waals surface area contributed by atoms with E-state index in [1.807, 2.05) is 29.2 Å². The van der Waals surface area contributed by atoms with Crippen LogP contribution in [-0.2, 0) is 6.54 Å². The molecule has 0 unspecified atom stereocenters. The number of rotatable bonds is 2. The summed E-state index contributed by atoms with van der Waals surface area (Å²) < 4.78 is 0. The molecule has 3 nitrogen and oxygen atoms in total. The van der Waals surface area contributed by atoms with Crippen LogP contribution in [0, 0.1) is 11.3 Å². The van der Waals surface area contributed by atoms with Crippen LogP contribution in [0.3, 0.4) is 0 Å². The van der Waals surface area contributed by atoms with Crippen molar-refractivity contribution in [1.82, 2.24) is 4.90 Å². The molecule has 0 atom stereocenters. The van der Waals surface area contributed by atoms with E-state index in [-0.39, 0.29) is 5.91 Å². The Bertz CT molecular complexity index is 451. The Balaban J connectivity index is 1.97. The molecule has 20 heavy (non-hydrogen) atoms. The summed E-state index contributed by atoms with van der Waals surface area (Å²) in [6.45, 7) is 9.15. The lowest BCUT2D eigenvalue weighted by Crippen LogP contribution is -2.41. The summed E-state index contributed by atoms with van der Waals surface area (Å²) in [5.74, 6) is 0.868. The van der Waals surface area contributed by atoms with Crippen molar-refractivity contribution in [3.63, 3.8) is 0 Å². The van der Waals surface area contributed by atoms with E-state index in [0.29, 0.717) is 17.9 Å². The van der Waals surface area contributed by atoms with Crippen LogP contribution in [0.1, 0.15) is 49.5 Å². The van der Waals surface area contributed by atoms with Gasteiger partial charge in [-0.3, -0.25) is 4.79 Å². The fraction of sp³-hybridized carbons (Fsp3) is 0.588. The zero-order chi connectivity index (χ0) is 14.8. The van der Waals surface area contributed by atoms with Crippen LogP contribution in [0.5, 0.6) is 0 Å². The predicted molar refractivity (Wildman–Crippen MR) is 82.4 cm³/mol. The molecule has 1 aromatic rings. The van der Waals surface area contributed by atoms with E-state index in [2.05, 4.69) is 20.8 Å². The molecule has 1 heterocycles. The predicted octanol–water partition coefficient (Wildman–Crippen LogP) is 3.04. The molecule has 1 aromatic carbocycles. The molecule has 1 aliphatic rings. The smallest absolute Gasteiger partial charge is 0.253 e. The molecule has 3 heteroatoms. The summed E-state index contributed by atoms with van der Waals surface area (Å²) in [4.78, 5) is 14.4. The summed E-state index contributed by atoms with van der Waals surface area (Å²) in [5.41, 5.74) is 7.76. The molecule has 1 amide bonds. The average molecular weight is 274 g/mol. The molecule has 0 bridgehead atoms. The van der Waals surface area contributed by atoms with Crippen molar-refractivity contribution < 1.29 is 4.79 Å². The molecule has 1 saturated heterocycles. The largest absolute Gasteiger partial charge is 0.339 e. The molecule has 0 radical (unpaired) electrons. The lowest BCUT2D eigenvalue weighted by Gasteiger charge is -2.38. The Morgan fingerprint density at radius 1 is 1.20 bits per heavy atom. The highest BCUT2D eigenvalue weighted by atomic mass is 16.2. The SMILES string of the molecule is CC(C)(C)C1CCN(C(=O)c2ccc(CN)cc2)CC1. The van der Waals surface area contributed by atoms with Gasteiger partial charge < -0.3 is 10.6 Å². The first-order valence-electron chi connectivity index (χ1n) is 7.50. The van der Waals surface area contributed by atoms with E-state index in [1.54, 1.807) is 0 Å². The van der Waals surface area contributed by atoms with Crippen LogP contribution in [0.25, 0.3) is 0 Å². The molecule has 0 aliphatic carbocycles. The molecular formula is C17H26N2O. The van der Waals surface area contributed by atoms with Crippen molar-refractivity contribution in [1.29, 1.82) is 0 Å². The number of nitrogens with two attached hydrogens (primary N) is 1. The van der Waals surface area contributed by atoms with Gasteiger partial charge >= 0.3 is 0 Å². The fourth-order valence-corrected chi connectivity index (χ4v) is 2.91. The van der Waals surface area contributed by atoms with E-state index in [4.69, 9.17) is 5.73 Å². The van der Waals surface area contributed by atoms with Gasteiger partial charge in [0, 0.05) is 25.2 Å². The highest BCUT2D eigenvalue weighted by Crippen LogP contribution is 2.34. The van der Waals surface area contributed by atoms with E-state index < -0.39 is 0 Å². The van der Waals surface area contributed by atoms with Crippen molar-refractivity contribution in [3.8, 4) is 0 Å². The normalized spacial score (nSPS) is 17.3. The van der Waals surface area contributed by atoms with Crippen LogP contribution in [0.4, 0.5) is 0 Å². The fourth-order valence-electron chi connectivity index (χ4n) is 2.91. The number of amides is 1. The van der Waals surface area contributed by atoms with Crippen LogP contribution in [0.15, 0.2) is 24.3 Å². The number of piperidine rings is 1. The quantitative estimate of drug-likeness (QED) is 0.901. The van der Waals surface area contributed by atoms with Gasteiger partial charge in [0.05, 0.1) is 0 Å². The Kier molecular flexibility index (Phi) is 4.48. The average Bonchev–Trinajstić information content (AvgIpc) is 2.46. The minimum atomic E-state index is 0.154. The first-order chi connectivity index (χ1) is 9.41. The van der Waals surface area contributed by atoms with E-state index >= 15 is 0 Å². The van der Waals surface area contributed by atoms with Gasteiger partial charge in [-0.1, -0.05) is 32.9 Å². The molecule has 2 N–H and O–H groups in total. The molecule has 1 aliphatic heterocycles. The van der Waals surface area contributed by atoms with Gasteiger partial charge in [-0.25, -0.2) is 0 Å². The standard InChI is InChI=1S/C17H26N2O/c1-17(2,3)15-8-10-19(11-9-15)16(20)14-6-4-13(12-18)5-7-14/h4-7,15H,8-12,18H2,1-3H3. The number of hydrogen-bond acceptors (Lipinski definition) is 2. The molecule has 0 spiro atoms. The number of benzene rings is 1. The number of likely N-dealkylation sites (tertiary alicyclic amines) is 1. The number of nitrogens with zero attached hydrogens (tertiary/aromatic N) is 1. The third-order valence-corrected chi connectivity index (χ3v) is 4.44. The monoisotopic (exact) mass is 274 g/mol. The van der Waals surface area contributed by atoms with Gasteiger partial charge in [-0.05, 0) is 41.9 Å². The summed E-state index contributed by atoms with van der Waals surface area (Å²) in [5, 5.41) is 0. The third-order valence-electron chi connectivity index (χ3n) is 4.44. The topological polar surface area (TPSA) is 46.3 Å². The first kappa shape index (κ1) is 15.0. The summed E-state index contributed by atoms with van der Waals surface area (Å²) >= 11 is 0. The molecule has 2 rings (SSSR count). The number of hydrogen-bond donors (Lipinski definition) is 1. The lowest BCUT2D eigenvalue weighted by molar-refractivity contribution is 0.0608. The van der Waals surface area contributed by atoms with Gasteiger partial charge in [0.1, 0.15) is 0 Å². The van der Waals surface area contributed by atoms with E-state index in [0.717, 1.165) is 37.1 Å². The summed E-state index contributed by atoms with van der Waals surface area (Å²) in [6.07, 6.45) is 2.21. The van der Waals surface area contributed by atoms with Gasteiger partial charge in [-0.15, -0.1) is 0 Å². The van der Waals surface area contributed by atoms with Crippen LogP contribution in [0.2, 0.25) is 0 Å². The van der Waals surface area contributed by atoms with Crippen LogP contribution < -0.4 is 5.73 Å². The van der Waals surface area contributed by atoms with Crippen molar-refractivity contribution >= 4 is 5.91 Å². The van der Waals surface area contributed by atoms with Crippen molar-refractivity contribution in [2.24, 2.45) is 17.1 Å². The second-order valence-electron chi connectivity index (χ2n) is 6.83. The van der Waals surface area contributed by atoms with Crippen LogP contribution in [-0.4, -0.2) is 23.9 Å². The van der Waals surface area contributed by atoms with Gasteiger partial charge in [0.15, 0.2) is 0 Å².